The van der Waals surface area contributed by atoms with E-state index in [1.165, 1.54) is 32.4 Å². The summed E-state index contributed by atoms with van der Waals surface area (Å²) in [6.45, 7) is -0.116. The van der Waals surface area contributed by atoms with Crippen molar-refractivity contribution in [1.82, 2.24) is 0 Å². The van der Waals surface area contributed by atoms with Gasteiger partial charge in [-0.1, -0.05) is 0 Å². The average Bonchev–Trinajstić information content (AvgIpc) is 2.37. The molecular weight excluding hydrogens is 224 g/mol. The van der Waals surface area contributed by atoms with Crippen LogP contribution in [-0.2, 0) is 15.9 Å². The van der Waals surface area contributed by atoms with Crippen LogP contribution in [0.15, 0.2) is 18.2 Å². The number of benzene rings is 1. The molecule has 0 saturated carbocycles. The van der Waals surface area contributed by atoms with Crippen molar-refractivity contribution in [2.24, 2.45) is 0 Å². The topological polar surface area (TPSA) is 72.8 Å². The molecule has 0 unspecified atom stereocenters. The first-order chi connectivity index (χ1) is 8.13. The standard InChI is InChI=1S/C12H14O5/c1-16-11(14)9-3-4-10(12(15)17-2)8(7-9)5-6-13/h3-4,7,13H,5-6H2,1-2H3. The summed E-state index contributed by atoms with van der Waals surface area (Å²) in [6.07, 6.45) is 0.273. The summed E-state index contributed by atoms with van der Waals surface area (Å²) in [5.74, 6) is -0.981. The number of carbonyl (C=O) groups is 2. The summed E-state index contributed by atoms with van der Waals surface area (Å²) in [4.78, 5) is 22.8. The van der Waals surface area contributed by atoms with Gasteiger partial charge in [0.2, 0.25) is 0 Å². The van der Waals surface area contributed by atoms with E-state index in [0.717, 1.165) is 0 Å². The summed E-state index contributed by atoms with van der Waals surface area (Å²) in [7, 11) is 2.56. The lowest BCUT2D eigenvalue weighted by Gasteiger charge is -2.08. The minimum Gasteiger partial charge on any atom is -0.465 e. The van der Waals surface area contributed by atoms with Crippen molar-refractivity contribution < 1.29 is 24.2 Å². The van der Waals surface area contributed by atoms with Gasteiger partial charge in [0, 0.05) is 6.61 Å². The maximum absolute atomic E-state index is 11.4. The summed E-state index contributed by atoms with van der Waals surface area (Å²) in [5, 5.41) is 8.92. The number of aliphatic hydroxyl groups is 1. The summed E-state index contributed by atoms with van der Waals surface area (Å²) >= 11 is 0. The summed E-state index contributed by atoms with van der Waals surface area (Å²) in [5.41, 5.74) is 1.24. The quantitative estimate of drug-likeness (QED) is 0.785. The van der Waals surface area contributed by atoms with Gasteiger partial charge in [-0.3, -0.25) is 0 Å². The smallest absolute Gasteiger partial charge is 0.338 e. The van der Waals surface area contributed by atoms with Crippen molar-refractivity contribution in [2.75, 3.05) is 20.8 Å². The first kappa shape index (κ1) is 13.2. The lowest BCUT2D eigenvalue weighted by atomic mass is 10.0. The van der Waals surface area contributed by atoms with Crippen molar-refractivity contribution in [3.63, 3.8) is 0 Å². The zero-order valence-corrected chi connectivity index (χ0v) is 9.73. The van der Waals surface area contributed by atoms with Crippen molar-refractivity contribution in [1.29, 1.82) is 0 Å². The zero-order valence-electron chi connectivity index (χ0n) is 9.73. The molecule has 0 amide bonds. The number of carbonyl (C=O) groups excluding carboxylic acids is 2. The van der Waals surface area contributed by atoms with Crippen LogP contribution in [-0.4, -0.2) is 37.9 Å². The molecule has 0 aromatic heterocycles. The number of ether oxygens (including phenoxy) is 2. The molecule has 5 heteroatoms. The van der Waals surface area contributed by atoms with E-state index >= 15 is 0 Å². The number of aliphatic hydroxyl groups excluding tert-OH is 1. The Balaban J connectivity index is 3.16. The molecule has 0 aliphatic rings. The third-order valence-electron chi connectivity index (χ3n) is 2.31. The Labute approximate surface area is 99.0 Å². The largest absolute Gasteiger partial charge is 0.465 e. The molecule has 0 saturated heterocycles. The fraction of sp³-hybridized carbons (Fsp3) is 0.333. The monoisotopic (exact) mass is 238 g/mol. The molecule has 1 rings (SSSR count). The molecular formula is C12H14O5. The van der Waals surface area contributed by atoms with Crippen LogP contribution in [0.2, 0.25) is 0 Å². The highest BCUT2D eigenvalue weighted by atomic mass is 16.5. The van der Waals surface area contributed by atoms with E-state index in [0.29, 0.717) is 16.7 Å². The molecule has 0 aliphatic carbocycles. The number of esters is 2. The van der Waals surface area contributed by atoms with Crippen LogP contribution < -0.4 is 0 Å². The zero-order chi connectivity index (χ0) is 12.8. The second-order valence-electron chi connectivity index (χ2n) is 3.33. The highest BCUT2D eigenvalue weighted by Gasteiger charge is 2.14. The Bertz CT molecular complexity index is 425. The Morgan fingerprint density at radius 2 is 1.82 bits per heavy atom. The number of hydrogen-bond donors (Lipinski definition) is 1. The van der Waals surface area contributed by atoms with Crippen LogP contribution in [0, 0.1) is 0 Å². The van der Waals surface area contributed by atoms with Crippen LogP contribution in [0.3, 0.4) is 0 Å². The van der Waals surface area contributed by atoms with E-state index in [9.17, 15) is 9.59 Å². The predicted octanol–water partition coefficient (Wildman–Crippen LogP) is 0.795. The third kappa shape index (κ3) is 3.04. The van der Waals surface area contributed by atoms with Gasteiger partial charge in [0.15, 0.2) is 0 Å². The minimum atomic E-state index is -0.495. The molecule has 1 aromatic carbocycles. The van der Waals surface area contributed by atoms with Gasteiger partial charge in [0.05, 0.1) is 25.3 Å². The molecule has 5 nitrogen and oxygen atoms in total. The van der Waals surface area contributed by atoms with Crippen LogP contribution in [0.1, 0.15) is 26.3 Å². The van der Waals surface area contributed by atoms with Crippen LogP contribution in [0.4, 0.5) is 0 Å². The molecule has 0 radical (unpaired) electrons. The van der Waals surface area contributed by atoms with Crippen LogP contribution >= 0.6 is 0 Å². The normalized spacial score (nSPS) is 9.82. The first-order valence-electron chi connectivity index (χ1n) is 5.04. The third-order valence-corrected chi connectivity index (χ3v) is 2.31. The highest BCUT2D eigenvalue weighted by molar-refractivity contribution is 5.94. The van der Waals surface area contributed by atoms with Gasteiger partial charge in [0.1, 0.15) is 0 Å². The highest BCUT2D eigenvalue weighted by Crippen LogP contribution is 2.15. The Hall–Kier alpha value is -1.88. The van der Waals surface area contributed by atoms with E-state index < -0.39 is 11.9 Å². The Kier molecular flexibility index (Phi) is 4.66. The number of rotatable bonds is 4. The molecule has 0 fully saturated rings. The fourth-order valence-corrected chi connectivity index (χ4v) is 1.47. The fourth-order valence-electron chi connectivity index (χ4n) is 1.47. The van der Waals surface area contributed by atoms with Crippen molar-refractivity contribution in [3.8, 4) is 0 Å². The maximum Gasteiger partial charge on any atom is 0.338 e. The number of methoxy groups -OCH3 is 2. The van der Waals surface area contributed by atoms with Crippen LogP contribution in [0.25, 0.3) is 0 Å². The molecule has 1 aromatic rings. The van der Waals surface area contributed by atoms with Crippen molar-refractivity contribution in [3.05, 3.63) is 34.9 Å². The lowest BCUT2D eigenvalue weighted by Crippen LogP contribution is -2.10. The van der Waals surface area contributed by atoms with E-state index in [1.54, 1.807) is 0 Å². The van der Waals surface area contributed by atoms with Gasteiger partial charge < -0.3 is 14.6 Å². The van der Waals surface area contributed by atoms with E-state index in [-0.39, 0.29) is 13.0 Å². The second-order valence-corrected chi connectivity index (χ2v) is 3.33. The van der Waals surface area contributed by atoms with Crippen LogP contribution in [0.5, 0.6) is 0 Å². The summed E-state index contributed by atoms with van der Waals surface area (Å²) in [6, 6.07) is 4.50. The maximum atomic E-state index is 11.4. The molecule has 0 atom stereocenters. The molecule has 92 valence electrons. The number of hydrogen-bond acceptors (Lipinski definition) is 5. The first-order valence-corrected chi connectivity index (χ1v) is 5.04. The van der Waals surface area contributed by atoms with Gasteiger partial charge >= 0.3 is 11.9 Å². The molecule has 0 heterocycles. The molecule has 0 aliphatic heterocycles. The van der Waals surface area contributed by atoms with E-state index in [2.05, 4.69) is 9.47 Å². The van der Waals surface area contributed by atoms with E-state index in [1.807, 2.05) is 0 Å². The van der Waals surface area contributed by atoms with Gasteiger partial charge in [-0.15, -0.1) is 0 Å². The SMILES string of the molecule is COC(=O)c1ccc(C(=O)OC)c(CCO)c1. The second kappa shape index (κ2) is 6.00. The van der Waals surface area contributed by atoms with Crippen molar-refractivity contribution >= 4 is 11.9 Å². The molecule has 1 N–H and O–H groups in total. The molecule has 0 spiro atoms. The Morgan fingerprint density at radius 1 is 1.18 bits per heavy atom. The average molecular weight is 238 g/mol. The van der Waals surface area contributed by atoms with Crippen molar-refractivity contribution in [2.45, 2.75) is 6.42 Å². The van der Waals surface area contributed by atoms with Gasteiger partial charge in [-0.2, -0.15) is 0 Å². The Morgan fingerprint density at radius 3 is 2.35 bits per heavy atom. The predicted molar refractivity (Wildman–Crippen MR) is 59.9 cm³/mol. The van der Waals surface area contributed by atoms with Gasteiger partial charge in [-0.25, -0.2) is 9.59 Å². The molecule has 17 heavy (non-hydrogen) atoms. The lowest BCUT2D eigenvalue weighted by molar-refractivity contribution is 0.0585. The van der Waals surface area contributed by atoms with Gasteiger partial charge in [0.25, 0.3) is 0 Å². The van der Waals surface area contributed by atoms with E-state index in [4.69, 9.17) is 5.11 Å². The molecule has 0 bridgehead atoms. The van der Waals surface area contributed by atoms with Gasteiger partial charge in [-0.05, 0) is 30.2 Å². The minimum absolute atomic E-state index is 0.116. The summed E-state index contributed by atoms with van der Waals surface area (Å²) < 4.78 is 9.19.